The van der Waals surface area contributed by atoms with Gasteiger partial charge in [0, 0.05) is 35.6 Å². The van der Waals surface area contributed by atoms with Crippen molar-refractivity contribution < 1.29 is 22.7 Å². The molecule has 1 atom stereocenters. The number of carbonyl (C=O) groups excluding carboxylic acids is 1. The van der Waals surface area contributed by atoms with Gasteiger partial charge in [-0.2, -0.15) is 4.31 Å². The number of hydrogen-bond donors (Lipinski definition) is 1. The number of methoxy groups -OCH3 is 1. The lowest BCUT2D eigenvalue weighted by Gasteiger charge is -2.24. The number of aromatic nitrogens is 2. The van der Waals surface area contributed by atoms with E-state index in [-0.39, 0.29) is 23.5 Å². The second-order valence-corrected chi connectivity index (χ2v) is 12.2. The predicted molar refractivity (Wildman–Crippen MR) is 158 cm³/mol. The molecule has 1 aromatic heterocycles. The van der Waals surface area contributed by atoms with Crippen molar-refractivity contribution in [2.75, 3.05) is 32.1 Å². The topological polar surface area (TPSA) is 103 Å². The predicted octanol–water partition coefficient (Wildman–Crippen LogP) is 5.32. The largest absolute Gasteiger partial charge is 0.497 e. The van der Waals surface area contributed by atoms with Crippen LogP contribution in [-0.4, -0.2) is 61.1 Å². The highest BCUT2D eigenvalue weighted by Crippen LogP contribution is 2.27. The third kappa shape index (κ3) is 6.79. The van der Waals surface area contributed by atoms with Gasteiger partial charge in [-0.25, -0.2) is 13.4 Å². The number of sulfonamides is 1. The highest BCUT2D eigenvalue weighted by Gasteiger charge is 2.31. The number of nitrogens with zero attached hydrogens (tertiary/aromatic N) is 3. The molecular formula is C30H31ClN4O5S. The Kier molecular flexibility index (Phi) is 8.74. The summed E-state index contributed by atoms with van der Waals surface area (Å²) in [4.78, 5) is 18.2. The van der Waals surface area contributed by atoms with E-state index >= 15 is 0 Å². The smallest absolute Gasteiger partial charge is 0.243 e. The van der Waals surface area contributed by atoms with Crippen LogP contribution < -0.4 is 10.1 Å². The van der Waals surface area contributed by atoms with Crippen LogP contribution >= 0.6 is 11.6 Å². The summed E-state index contributed by atoms with van der Waals surface area (Å²) in [6, 6.07) is 21.1. The summed E-state index contributed by atoms with van der Waals surface area (Å²) < 4.78 is 41.2. The Labute approximate surface area is 244 Å². The van der Waals surface area contributed by atoms with Crippen molar-refractivity contribution in [3.63, 3.8) is 0 Å². The van der Waals surface area contributed by atoms with Crippen LogP contribution in [0.25, 0.3) is 16.9 Å². The number of benzene rings is 3. The number of imidazole rings is 1. The zero-order chi connectivity index (χ0) is 29.0. The highest BCUT2D eigenvalue weighted by atomic mass is 35.5. The quantitative estimate of drug-likeness (QED) is 0.267. The molecule has 0 aliphatic carbocycles. The summed E-state index contributed by atoms with van der Waals surface area (Å²) in [6.45, 7) is 2.19. The number of nitrogens with one attached hydrogen (secondary N) is 1. The summed E-state index contributed by atoms with van der Waals surface area (Å²) in [6.07, 6.45) is 3.10. The minimum absolute atomic E-state index is 0.0597. The first kappa shape index (κ1) is 28.8. The molecule has 2 heterocycles. The Bertz CT molecular complexity index is 1620. The molecule has 0 saturated carbocycles. The van der Waals surface area contributed by atoms with Gasteiger partial charge in [0.25, 0.3) is 0 Å². The minimum atomic E-state index is -4.01. The van der Waals surface area contributed by atoms with E-state index in [0.717, 1.165) is 29.7 Å². The van der Waals surface area contributed by atoms with E-state index < -0.39 is 22.5 Å². The van der Waals surface area contributed by atoms with Crippen molar-refractivity contribution in [2.24, 2.45) is 0 Å². The molecular weight excluding hydrogens is 564 g/mol. The lowest BCUT2D eigenvalue weighted by Crippen LogP contribution is -2.42. The Morgan fingerprint density at radius 2 is 1.90 bits per heavy atom. The molecule has 9 nitrogen and oxygen atoms in total. The van der Waals surface area contributed by atoms with Gasteiger partial charge in [-0.15, -0.1) is 0 Å². The number of halogens is 1. The fourth-order valence-corrected chi connectivity index (χ4v) is 6.24. The molecule has 41 heavy (non-hydrogen) atoms. The molecule has 214 valence electrons. The molecule has 1 N–H and O–H groups in total. The van der Waals surface area contributed by atoms with Gasteiger partial charge in [-0.05, 0) is 73.9 Å². The molecule has 4 aromatic rings. The number of anilines is 1. The zero-order valence-electron chi connectivity index (χ0n) is 22.8. The fraction of sp³-hybridized carbons (Fsp3) is 0.267. The van der Waals surface area contributed by atoms with E-state index in [1.54, 1.807) is 28.8 Å². The van der Waals surface area contributed by atoms with E-state index in [2.05, 4.69) is 10.3 Å². The summed E-state index contributed by atoms with van der Waals surface area (Å²) in [7, 11) is -2.50. The van der Waals surface area contributed by atoms with Crippen molar-refractivity contribution in [2.45, 2.75) is 30.8 Å². The molecule has 1 amide bonds. The molecule has 0 bridgehead atoms. The van der Waals surface area contributed by atoms with Crippen LogP contribution in [0.15, 0.2) is 83.9 Å². The van der Waals surface area contributed by atoms with Gasteiger partial charge in [-0.3, -0.25) is 14.7 Å². The van der Waals surface area contributed by atoms with Crippen molar-refractivity contribution in [3.05, 3.63) is 89.6 Å². The molecule has 1 aliphatic heterocycles. The lowest BCUT2D eigenvalue weighted by atomic mass is 10.2. The number of ether oxygens (including phenoxy) is 2. The second-order valence-electron chi connectivity index (χ2n) is 9.82. The standard InChI is InChI=1S/C30H31ClN4O5S/c1-21-5-3-6-24(17-21)35-19-28(22-8-10-23(31)11-9-22)32-30(35)33-29(36)20-34(18-26-7-4-16-40-26)41(37,38)27-14-12-25(39-2)13-15-27/h3,5-6,8-15,17,19,26H,4,7,16,18,20H2,1-2H3,(H,32,33,36). The van der Waals surface area contributed by atoms with Gasteiger partial charge in [0.15, 0.2) is 0 Å². The summed E-state index contributed by atoms with van der Waals surface area (Å²) in [5.41, 5.74) is 3.28. The maximum absolute atomic E-state index is 13.7. The average Bonchev–Trinajstić information content (AvgIpc) is 3.63. The van der Waals surface area contributed by atoms with E-state index in [4.69, 9.17) is 21.1 Å². The number of carbonyl (C=O) groups is 1. The van der Waals surface area contributed by atoms with Crippen LogP contribution in [0.4, 0.5) is 5.95 Å². The summed E-state index contributed by atoms with van der Waals surface area (Å²) in [5.74, 6) is 0.276. The maximum atomic E-state index is 13.7. The first-order valence-electron chi connectivity index (χ1n) is 13.2. The molecule has 1 fully saturated rings. The molecule has 0 radical (unpaired) electrons. The highest BCUT2D eigenvalue weighted by molar-refractivity contribution is 7.89. The number of rotatable bonds is 10. The second kappa shape index (κ2) is 12.4. The average molecular weight is 595 g/mol. The van der Waals surface area contributed by atoms with Crippen molar-refractivity contribution in [1.29, 1.82) is 0 Å². The molecule has 3 aromatic carbocycles. The van der Waals surface area contributed by atoms with Crippen LogP contribution in [0.1, 0.15) is 18.4 Å². The van der Waals surface area contributed by atoms with Gasteiger partial charge < -0.3 is 9.47 Å². The first-order chi connectivity index (χ1) is 19.7. The van der Waals surface area contributed by atoms with Gasteiger partial charge >= 0.3 is 0 Å². The monoisotopic (exact) mass is 594 g/mol. The van der Waals surface area contributed by atoms with Crippen LogP contribution in [0.5, 0.6) is 5.75 Å². The fourth-order valence-electron chi connectivity index (χ4n) is 4.69. The van der Waals surface area contributed by atoms with Gasteiger partial charge in [0.05, 0.1) is 30.3 Å². The Morgan fingerprint density at radius 3 is 2.56 bits per heavy atom. The van der Waals surface area contributed by atoms with Crippen LogP contribution in [0, 0.1) is 6.92 Å². The molecule has 11 heteroatoms. The van der Waals surface area contributed by atoms with Gasteiger partial charge in [0.2, 0.25) is 21.9 Å². The third-order valence-electron chi connectivity index (χ3n) is 6.83. The van der Waals surface area contributed by atoms with Crippen LogP contribution in [-0.2, 0) is 19.6 Å². The summed E-state index contributed by atoms with van der Waals surface area (Å²) in [5, 5.41) is 3.45. The van der Waals surface area contributed by atoms with Gasteiger partial charge in [-0.1, -0.05) is 35.9 Å². The summed E-state index contributed by atoms with van der Waals surface area (Å²) >= 11 is 6.07. The zero-order valence-corrected chi connectivity index (χ0v) is 24.4. The number of amides is 1. The molecule has 0 spiro atoms. The molecule has 1 aliphatic rings. The SMILES string of the molecule is COc1ccc(S(=O)(=O)N(CC(=O)Nc2nc(-c3ccc(Cl)cc3)cn2-c2cccc(C)c2)CC2CCCO2)cc1. The van der Waals surface area contributed by atoms with Crippen molar-refractivity contribution in [1.82, 2.24) is 13.9 Å². The molecule has 1 unspecified atom stereocenters. The Balaban J connectivity index is 1.44. The first-order valence-corrected chi connectivity index (χ1v) is 15.0. The molecule has 5 rings (SSSR count). The number of hydrogen-bond acceptors (Lipinski definition) is 6. The normalized spacial score (nSPS) is 15.3. The lowest BCUT2D eigenvalue weighted by molar-refractivity contribution is -0.116. The van der Waals surface area contributed by atoms with E-state index in [9.17, 15) is 13.2 Å². The van der Waals surface area contributed by atoms with Gasteiger partial charge in [0.1, 0.15) is 5.75 Å². The maximum Gasteiger partial charge on any atom is 0.243 e. The van der Waals surface area contributed by atoms with Crippen molar-refractivity contribution >= 4 is 33.5 Å². The van der Waals surface area contributed by atoms with E-state index in [0.29, 0.717) is 23.1 Å². The van der Waals surface area contributed by atoms with E-state index in [1.165, 1.54) is 23.5 Å². The third-order valence-corrected chi connectivity index (χ3v) is 8.90. The van der Waals surface area contributed by atoms with Crippen LogP contribution in [0.3, 0.4) is 0 Å². The van der Waals surface area contributed by atoms with E-state index in [1.807, 2.05) is 49.5 Å². The Hall–Kier alpha value is -3.70. The minimum Gasteiger partial charge on any atom is -0.497 e. The van der Waals surface area contributed by atoms with Crippen molar-refractivity contribution in [3.8, 4) is 22.7 Å². The van der Waals surface area contributed by atoms with Crippen LogP contribution in [0.2, 0.25) is 5.02 Å². The Morgan fingerprint density at radius 1 is 1.15 bits per heavy atom. The molecule has 1 saturated heterocycles. The number of aryl methyl sites for hydroxylation is 1.